The van der Waals surface area contributed by atoms with Crippen molar-refractivity contribution in [2.24, 2.45) is 5.92 Å². The van der Waals surface area contributed by atoms with Gasteiger partial charge in [-0.3, -0.25) is 0 Å². The zero-order valence-electron chi connectivity index (χ0n) is 9.04. The minimum Gasteiger partial charge on any atom is -0.504 e. The average Bonchev–Trinajstić information content (AvgIpc) is 2.31. The lowest BCUT2D eigenvalue weighted by Crippen LogP contribution is -2.30. The molecule has 16 heavy (non-hydrogen) atoms. The summed E-state index contributed by atoms with van der Waals surface area (Å²) in [7, 11) is 0. The van der Waals surface area contributed by atoms with E-state index >= 15 is 0 Å². The first-order chi connectivity index (χ1) is 7.68. The number of benzene rings is 1. The molecular formula is C12H16FNO2. The third-order valence-electron chi connectivity index (χ3n) is 3.09. The molecule has 4 heteroatoms. The molecule has 0 radical (unpaired) electrons. The summed E-state index contributed by atoms with van der Waals surface area (Å²) in [5.74, 6) is -1.28. The molecule has 0 saturated carbocycles. The molecule has 3 nitrogen and oxygen atoms in total. The highest BCUT2D eigenvalue weighted by molar-refractivity contribution is 5.45. The van der Waals surface area contributed by atoms with Gasteiger partial charge in [0.2, 0.25) is 0 Å². The van der Waals surface area contributed by atoms with Gasteiger partial charge in [0.15, 0.2) is 17.3 Å². The first-order valence-electron chi connectivity index (χ1n) is 5.58. The van der Waals surface area contributed by atoms with Crippen molar-refractivity contribution in [1.29, 1.82) is 0 Å². The molecule has 88 valence electrons. The maximum absolute atomic E-state index is 12.9. The van der Waals surface area contributed by atoms with Crippen molar-refractivity contribution in [3.05, 3.63) is 23.5 Å². The van der Waals surface area contributed by atoms with Gasteiger partial charge in [-0.25, -0.2) is 4.39 Å². The van der Waals surface area contributed by atoms with E-state index in [-0.39, 0.29) is 5.75 Å². The molecule has 1 fully saturated rings. The van der Waals surface area contributed by atoms with Crippen LogP contribution in [-0.4, -0.2) is 23.3 Å². The Morgan fingerprint density at radius 1 is 1.31 bits per heavy atom. The van der Waals surface area contributed by atoms with Crippen LogP contribution in [0.5, 0.6) is 11.5 Å². The van der Waals surface area contributed by atoms with Crippen molar-refractivity contribution in [2.75, 3.05) is 13.1 Å². The van der Waals surface area contributed by atoms with Crippen molar-refractivity contribution in [3.63, 3.8) is 0 Å². The van der Waals surface area contributed by atoms with Crippen LogP contribution in [0.4, 0.5) is 4.39 Å². The lowest BCUT2D eigenvalue weighted by Gasteiger charge is -2.23. The SMILES string of the molecule is Oc1c(F)ccc(CC2CCCNC2)c1O. The Morgan fingerprint density at radius 2 is 2.12 bits per heavy atom. The zero-order valence-corrected chi connectivity index (χ0v) is 9.04. The summed E-state index contributed by atoms with van der Waals surface area (Å²) in [6.45, 7) is 1.95. The second-order valence-corrected chi connectivity index (χ2v) is 4.32. The summed E-state index contributed by atoms with van der Waals surface area (Å²) in [4.78, 5) is 0. The smallest absolute Gasteiger partial charge is 0.194 e. The minimum absolute atomic E-state index is 0.314. The van der Waals surface area contributed by atoms with Crippen molar-refractivity contribution < 1.29 is 14.6 Å². The van der Waals surface area contributed by atoms with E-state index in [1.54, 1.807) is 6.07 Å². The third-order valence-corrected chi connectivity index (χ3v) is 3.09. The Labute approximate surface area is 93.9 Å². The Kier molecular flexibility index (Phi) is 3.29. The van der Waals surface area contributed by atoms with Crippen LogP contribution in [0.25, 0.3) is 0 Å². The van der Waals surface area contributed by atoms with Gasteiger partial charge in [-0.1, -0.05) is 6.07 Å². The van der Waals surface area contributed by atoms with Crippen LogP contribution in [0.3, 0.4) is 0 Å². The molecule has 1 aliphatic rings. The van der Waals surface area contributed by atoms with Crippen molar-refractivity contribution >= 4 is 0 Å². The highest BCUT2D eigenvalue weighted by Gasteiger charge is 2.18. The summed E-state index contributed by atoms with van der Waals surface area (Å²) < 4.78 is 12.9. The van der Waals surface area contributed by atoms with Crippen molar-refractivity contribution in [2.45, 2.75) is 19.3 Å². The van der Waals surface area contributed by atoms with Gasteiger partial charge in [0.1, 0.15) is 0 Å². The van der Waals surface area contributed by atoms with Crippen molar-refractivity contribution in [1.82, 2.24) is 5.32 Å². The zero-order chi connectivity index (χ0) is 11.5. The molecule has 1 atom stereocenters. The van der Waals surface area contributed by atoms with E-state index in [9.17, 15) is 14.6 Å². The normalized spacial score (nSPS) is 20.9. The first kappa shape index (κ1) is 11.2. The summed E-state index contributed by atoms with van der Waals surface area (Å²) in [6.07, 6.45) is 2.90. The van der Waals surface area contributed by atoms with Gasteiger partial charge in [-0.2, -0.15) is 0 Å². The van der Waals surface area contributed by atoms with E-state index in [0.717, 1.165) is 25.9 Å². The van der Waals surface area contributed by atoms with Crippen LogP contribution in [0.1, 0.15) is 18.4 Å². The van der Waals surface area contributed by atoms with Crippen LogP contribution in [0.2, 0.25) is 0 Å². The van der Waals surface area contributed by atoms with E-state index in [1.807, 2.05) is 0 Å². The minimum atomic E-state index is -0.775. The van der Waals surface area contributed by atoms with Gasteiger partial charge in [0.05, 0.1) is 0 Å². The summed E-state index contributed by atoms with van der Waals surface area (Å²) in [5.41, 5.74) is 0.618. The number of nitrogens with one attached hydrogen (secondary N) is 1. The van der Waals surface area contributed by atoms with Crippen LogP contribution in [-0.2, 0) is 6.42 Å². The largest absolute Gasteiger partial charge is 0.504 e. The van der Waals surface area contributed by atoms with Gasteiger partial charge < -0.3 is 15.5 Å². The molecule has 0 aromatic heterocycles. The second kappa shape index (κ2) is 4.70. The molecule has 1 unspecified atom stereocenters. The van der Waals surface area contributed by atoms with Crippen molar-refractivity contribution in [3.8, 4) is 11.5 Å². The molecular weight excluding hydrogens is 209 g/mol. The van der Waals surface area contributed by atoms with E-state index < -0.39 is 11.6 Å². The Hall–Kier alpha value is -1.29. The molecule has 1 aliphatic heterocycles. The monoisotopic (exact) mass is 225 g/mol. The molecule has 3 N–H and O–H groups in total. The van der Waals surface area contributed by atoms with Gasteiger partial charge in [0.25, 0.3) is 0 Å². The van der Waals surface area contributed by atoms with Gasteiger partial charge in [-0.15, -0.1) is 0 Å². The summed E-state index contributed by atoms with van der Waals surface area (Å²) >= 11 is 0. The van der Waals surface area contributed by atoms with E-state index in [4.69, 9.17) is 0 Å². The Bertz CT molecular complexity index is 376. The predicted octanol–water partition coefficient (Wildman–Crippen LogP) is 1.78. The summed E-state index contributed by atoms with van der Waals surface area (Å²) in [5, 5.41) is 22.2. The molecule has 1 saturated heterocycles. The maximum atomic E-state index is 12.9. The molecule has 0 spiro atoms. The molecule has 0 amide bonds. The Balaban J connectivity index is 2.11. The number of halogens is 1. The molecule has 0 aliphatic carbocycles. The lowest BCUT2D eigenvalue weighted by atomic mass is 9.92. The fourth-order valence-electron chi connectivity index (χ4n) is 2.17. The quantitative estimate of drug-likeness (QED) is 0.672. The topological polar surface area (TPSA) is 52.5 Å². The van der Waals surface area contributed by atoms with E-state index in [1.165, 1.54) is 6.07 Å². The number of piperidine rings is 1. The third kappa shape index (κ3) is 2.27. The number of aromatic hydroxyl groups is 2. The van der Waals surface area contributed by atoms with Gasteiger partial charge in [0, 0.05) is 0 Å². The summed E-state index contributed by atoms with van der Waals surface area (Å²) in [6, 6.07) is 2.74. The van der Waals surface area contributed by atoms with Gasteiger partial charge in [-0.05, 0) is 49.9 Å². The Morgan fingerprint density at radius 3 is 2.81 bits per heavy atom. The van der Waals surface area contributed by atoms with Crippen LogP contribution < -0.4 is 5.32 Å². The fraction of sp³-hybridized carbons (Fsp3) is 0.500. The number of phenolic OH excluding ortho intramolecular Hbond substituents is 2. The second-order valence-electron chi connectivity index (χ2n) is 4.32. The number of hydrogen-bond donors (Lipinski definition) is 3. The number of hydrogen-bond acceptors (Lipinski definition) is 3. The van der Waals surface area contributed by atoms with Crippen LogP contribution in [0, 0.1) is 11.7 Å². The molecule has 1 aromatic carbocycles. The standard InChI is InChI=1S/C12H16FNO2/c13-10-4-3-9(11(15)12(10)16)6-8-2-1-5-14-7-8/h3-4,8,14-16H,1-2,5-7H2. The lowest BCUT2D eigenvalue weighted by molar-refractivity contribution is 0.354. The van der Waals surface area contributed by atoms with Gasteiger partial charge >= 0.3 is 0 Å². The van der Waals surface area contributed by atoms with Crippen LogP contribution in [0.15, 0.2) is 12.1 Å². The average molecular weight is 225 g/mol. The number of rotatable bonds is 2. The van der Waals surface area contributed by atoms with E-state index in [0.29, 0.717) is 17.9 Å². The molecule has 0 bridgehead atoms. The maximum Gasteiger partial charge on any atom is 0.194 e. The number of phenols is 2. The molecule has 1 aromatic rings. The molecule has 2 rings (SSSR count). The molecule has 1 heterocycles. The highest BCUT2D eigenvalue weighted by atomic mass is 19.1. The van der Waals surface area contributed by atoms with Crippen LogP contribution >= 0.6 is 0 Å². The fourth-order valence-corrected chi connectivity index (χ4v) is 2.17. The predicted molar refractivity (Wildman–Crippen MR) is 59.0 cm³/mol. The van der Waals surface area contributed by atoms with E-state index in [2.05, 4.69) is 5.32 Å². The first-order valence-corrected chi connectivity index (χ1v) is 5.58. The highest BCUT2D eigenvalue weighted by Crippen LogP contribution is 2.33.